The van der Waals surface area contributed by atoms with Gasteiger partial charge in [-0.25, -0.2) is 4.98 Å². The molecule has 8 heteroatoms. The van der Waals surface area contributed by atoms with Crippen LogP contribution in [0, 0.1) is 12.8 Å². The normalized spacial score (nSPS) is 25.7. The third kappa shape index (κ3) is 2.97. The third-order valence-corrected chi connectivity index (χ3v) is 4.98. The van der Waals surface area contributed by atoms with E-state index in [0.717, 1.165) is 18.7 Å². The van der Waals surface area contributed by atoms with Crippen LogP contribution in [0.5, 0.6) is 5.75 Å². The van der Waals surface area contributed by atoms with Crippen molar-refractivity contribution >= 4 is 5.91 Å². The summed E-state index contributed by atoms with van der Waals surface area (Å²) in [6, 6.07) is 1.70. The minimum Gasteiger partial charge on any atom is -0.494 e. The number of methoxy groups -OCH3 is 1. The highest BCUT2D eigenvalue weighted by molar-refractivity contribution is 5.96. The molecule has 4 rings (SSSR count). The second kappa shape index (κ2) is 6.44. The van der Waals surface area contributed by atoms with Gasteiger partial charge in [-0.3, -0.25) is 14.9 Å². The minimum atomic E-state index is -0.0922. The average molecular weight is 343 g/mol. The number of aryl methyl sites for hydroxylation is 1. The summed E-state index contributed by atoms with van der Waals surface area (Å²) in [5.74, 6) is 2.39. The summed E-state index contributed by atoms with van der Waals surface area (Å²) in [5.41, 5.74) is 0.537. The highest BCUT2D eigenvalue weighted by Crippen LogP contribution is 2.40. The van der Waals surface area contributed by atoms with Crippen LogP contribution in [0.25, 0.3) is 0 Å². The molecule has 0 radical (unpaired) electrons. The molecular formula is C17H21N5O3. The van der Waals surface area contributed by atoms with Gasteiger partial charge in [-0.2, -0.15) is 5.10 Å². The lowest BCUT2D eigenvalue weighted by atomic mass is 9.91. The molecular weight excluding hydrogens is 322 g/mol. The van der Waals surface area contributed by atoms with Crippen LogP contribution < -0.4 is 4.74 Å². The molecule has 2 aliphatic rings. The van der Waals surface area contributed by atoms with Gasteiger partial charge in [0, 0.05) is 19.3 Å². The molecule has 2 aromatic heterocycles. The molecule has 3 atom stereocenters. The smallest absolute Gasteiger partial charge is 0.257 e. The lowest BCUT2D eigenvalue weighted by Crippen LogP contribution is -2.45. The van der Waals surface area contributed by atoms with E-state index in [1.165, 1.54) is 0 Å². The minimum absolute atomic E-state index is 0.0225. The maximum Gasteiger partial charge on any atom is 0.257 e. The van der Waals surface area contributed by atoms with Crippen molar-refractivity contribution in [1.82, 2.24) is 25.1 Å². The van der Waals surface area contributed by atoms with Gasteiger partial charge < -0.3 is 14.4 Å². The maximum atomic E-state index is 12.9. The van der Waals surface area contributed by atoms with Crippen LogP contribution in [-0.2, 0) is 4.74 Å². The number of nitrogens with zero attached hydrogens (tertiary/aromatic N) is 4. The van der Waals surface area contributed by atoms with Gasteiger partial charge in [-0.15, -0.1) is 0 Å². The average Bonchev–Trinajstić information content (AvgIpc) is 3.26. The standard InChI is InChI=1S/C17H21N5O3/c1-10-19-16(21-20-10)13-7-11-4-6-22(9-15(11)25-13)17(23)12-3-5-18-8-14(12)24-2/h3,5,8,11,13,15H,4,6-7,9H2,1-2H3,(H,19,20,21)/t11?,13-,15-/m1/s1. The summed E-state index contributed by atoms with van der Waals surface area (Å²) < 4.78 is 11.4. The van der Waals surface area contributed by atoms with Gasteiger partial charge in [0.1, 0.15) is 17.7 Å². The lowest BCUT2D eigenvalue weighted by Gasteiger charge is -2.34. The topological polar surface area (TPSA) is 93.2 Å². The fourth-order valence-corrected chi connectivity index (χ4v) is 3.67. The number of rotatable bonds is 3. The number of fused-ring (bicyclic) bond motifs is 1. The van der Waals surface area contributed by atoms with Crippen molar-refractivity contribution in [2.24, 2.45) is 5.92 Å². The molecule has 0 aromatic carbocycles. The molecule has 25 heavy (non-hydrogen) atoms. The van der Waals surface area contributed by atoms with Crippen LogP contribution in [0.1, 0.15) is 41.0 Å². The Morgan fingerprint density at radius 1 is 1.48 bits per heavy atom. The SMILES string of the molecule is COc1cnccc1C(=O)N1CCC2C[C@H](c3n[nH]c(C)n3)O[C@@H]2C1. The van der Waals surface area contributed by atoms with Gasteiger partial charge in [0.25, 0.3) is 5.91 Å². The van der Waals surface area contributed by atoms with E-state index in [1.54, 1.807) is 25.6 Å². The zero-order chi connectivity index (χ0) is 17.4. The number of likely N-dealkylation sites (tertiary alicyclic amines) is 1. The first-order valence-electron chi connectivity index (χ1n) is 8.47. The molecule has 1 unspecified atom stereocenters. The Balaban J connectivity index is 1.46. The second-order valence-electron chi connectivity index (χ2n) is 6.55. The van der Waals surface area contributed by atoms with Crippen molar-refractivity contribution in [2.75, 3.05) is 20.2 Å². The summed E-state index contributed by atoms with van der Waals surface area (Å²) >= 11 is 0. The first-order valence-corrected chi connectivity index (χ1v) is 8.47. The highest BCUT2D eigenvalue weighted by Gasteiger charge is 2.42. The molecule has 1 N–H and O–H groups in total. The summed E-state index contributed by atoms with van der Waals surface area (Å²) in [6.07, 6.45) is 4.93. The van der Waals surface area contributed by atoms with Crippen molar-refractivity contribution in [3.05, 3.63) is 35.7 Å². The molecule has 0 bridgehead atoms. The van der Waals surface area contributed by atoms with Crippen molar-refractivity contribution in [3.63, 3.8) is 0 Å². The number of hydrogen-bond donors (Lipinski definition) is 1. The Morgan fingerprint density at radius 3 is 3.12 bits per heavy atom. The summed E-state index contributed by atoms with van der Waals surface area (Å²) in [7, 11) is 1.55. The fourth-order valence-electron chi connectivity index (χ4n) is 3.67. The molecule has 1 amide bonds. The van der Waals surface area contributed by atoms with E-state index in [0.29, 0.717) is 36.1 Å². The van der Waals surface area contributed by atoms with Crippen LogP contribution in [0.3, 0.4) is 0 Å². The molecule has 2 saturated heterocycles. The number of aromatic amines is 1. The van der Waals surface area contributed by atoms with Crippen LogP contribution in [0.15, 0.2) is 18.5 Å². The summed E-state index contributed by atoms with van der Waals surface area (Å²) in [4.78, 5) is 23.1. The Kier molecular flexibility index (Phi) is 4.12. The Morgan fingerprint density at radius 2 is 2.36 bits per heavy atom. The van der Waals surface area contributed by atoms with E-state index < -0.39 is 0 Å². The predicted molar refractivity (Wildman–Crippen MR) is 88.2 cm³/mol. The van der Waals surface area contributed by atoms with Gasteiger partial charge in [0.2, 0.25) is 0 Å². The Bertz CT molecular complexity index is 777. The molecule has 2 fully saturated rings. The number of nitrogens with one attached hydrogen (secondary N) is 1. The lowest BCUT2D eigenvalue weighted by molar-refractivity contribution is -0.00690. The van der Waals surface area contributed by atoms with E-state index in [1.807, 2.05) is 11.8 Å². The molecule has 8 nitrogen and oxygen atoms in total. The maximum absolute atomic E-state index is 12.9. The number of carbonyl (C=O) groups excluding carboxylic acids is 1. The Hall–Kier alpha value is -2.48. The van der Waals surface area contributed by atoms with E-state index >= 15 is 0 Å². The number of H-pyrrole nitrogens is 1. The highest BCUT2D eigenvalue weighted by atomic mass is 16.5. The molecule has 2 aliphatic heterocycles. The van der Waals surface area contributed by atoms with Crippen LogP contribution in [-0.4, -0.2) is 57.3 Å². The van der Waals surface area contributed by atoms with E-state index in [-0.39, 0.29) is 18.1 Å². The first-order chi connectivity index (χ1) is 12.2. The molecule has 132 valence electrons. The third-order valence-electron chi connectivity index (χ3n) is 4.98. The zero-order valence-corrected chi connectivity index (χ0v) is 14.3. The number of pyridine rings is 1. The predicted octanol–water partition coefficient (Wildman–Crippen LogP) is 1.51. The van der Waals surface area contributed by atoms with E-state index in [4.69, 9.17) is 9.47 Å². The summed E-state index contributed by atoms with van der Waals surface area (Å²) in [6.45, 7) is 3.17. The van der Waals surface area contributed by atoms with Crippen molar-refractivity contribution in [2.45, 2.75) is 32.0 Å². The number of hydrogen-bond acceptors (Lipinski definition) is 6. The fraction of sp³-hybridized carbons (Fsp3) is 0.529. The number of aromatic nitrogens is 4. The number of carbonyl (C=O) groups is 1. The summed E-state index contributed by atoms with van der Waals surface area (Å²) in [5, 5.41) is 7.08. The quantitative estimate of drug-likeness (QED) is 0.908. The molecule has 0 aliphatic carbocycles. The molecule has 2 aromatic rings. The van der Waals surface area contributed by atoms with E-state index in [9.17, 15) is 4.79 Å². The van der Waals surface area contributed by atoms with Gasteiger partial charge >= 0.3 is 0 Å². The zero-order valence-electron chi connectivity index (χ0n) is 14.3. The van der Waals surface area contributed by atoms with Crippen LogP contribution in [0.4, 0.5) is 0 Å². The Labute approximate surface area is 145 Å². The van der Waals surface area contributed by atoms with Gasteiger partial charge in [0.05, 0.1) is 25.0 Å². The molecule has 0 saturated carbocycles. The first kappa shape index (κ1) is 16.0. The number of amides is 1. The van der Waals surface area contributed by atoms with E-state index in [2.05, 4.69) is 20.2 Å². The molecule has 0 spiro atoms. The monoisotopic (exact) mass is 343 g/mol. The second-order valence-corrected chi connectivity index (χ2v) is 6.55. The van der Waals surface area contributed by atoms with Gasteiger partial charge in [-0.05, 0) is 31.7 Å². The van der Waals surface area contributed by atoms with Crippen LogP contribution >= 0.6 is 0 Å². The van der Waals surface area contributed by atoms with Crippen LogP contribution in [0.2, 0.25) is 0 Å². The van der Waals surface area contributed by atoms with Gasteiger partial charge in [0.15, 0.2) is 5.82 Å². The number of piperidine rings is 1. The van der Waals surface area contributed by atoms with Gasteiger partial charge in [-0.1, -0.05) is 0 Å². The van der Waals surface area contributed by atoms with Crippen molar-refractivity contribution < 1.29 is 14.3 Å². The number of ether oxygens (including phenoxy) is 2. The van der Waals surface area contributed by atoms with Crippen molar-refractivity contribution in [1.29, 1.82) is 0 Å². The molecule has 4 heterocycles. The van der Waals surface area contributed by atoms with Crippen molar-refractivity contribution in [3.8, 4) is 5.75 Å². The largest absolute Gasteiger partial charge is 0.494 e.